The first-order valence-corrected chi connectivity index (χ1v) is 8.72. The van der Waals surface area contributed by atoms with Crippen LogP contribution in [0.2, 0.25) is 0 Å². The van der Waals surface area contributed by atoms with Crippen molar-refractivity contribution in [3.8, 4) is 5.88 Å². The van der Waals surface area contributed by atoms with Crippen LogP contribution in [0.5, 0.6) is 5.88 Å². The van der Waals surface area contributed by atoms with Gasteiger partial charge < -0.3 is 14.5 Å². The van der Waals surface area contributed by atoms with Crippen molar-refractivity contribution in [2.45, 2.75) is 25.5 Å². The number of aromatic nitrogens is 1. The largest absolute Gasteiger partial charge is 0.473 e. The molecule has 1 aromatic carbocycles. The normalized spacial score (nSPS) is 18.3. The molecular formula is C21H20N2O3. The van der Waals surface area contributed by atoms with E-state index in [9.17, 15) is 4.79 Å². The molecule has 26 heavy (non-hydrogen) atoms. The third kappa shape index (κ3) is 3.94. The number of hydrogen-bond acceptors (Lipinski definition) is 4. The van der Waals surface area contributed by atoms with Crippen molar-refractivity contribution in [3.05, 3.63) is 83.9 Å². The number of ether oxygens (including phenoxy) is 1. The van der Waals surface area contributed by atoms with Gasteiger partial charge in [0.15, 0.2) is 0 Å². The molecule has 0 unspecified atom stereocenters. The number of rotatable bonds is 7. The minimum absolute atomic E-state index is 0.0109. The van der Waals surface area contributed by atoms with Crippen molar-refractivity contribution in [1.29, 1.82) is 0 Å². The number of nitrogens with one attached hydrogen (secondary N) is 1. The fraction of sp³-hybridized carbons (Fsp3) is 0.238. The van der Waals surface area contributed by atoms with Gasteiger partial charge in [-0.25, -0.2) is 4.98 Å². The summed E-state index contributed by atoms with van der Waals surface area (Å²) >= 11 is 0. The van der Waals surface area contributed by atoms with Crippen molar-refractivity contribution < 1.29 is 13.9 Å². The van der Waals surface area contributed by atoms with Crippen LogP contribution >= 0.6 is 0 Å². The first kappa shape index (κ1) is 16.4. The van der Waals surface area contributed by atoms with Crippen LogP contribution in [0.3, 0.4) is 0 Å². The Labute approximate surface area is 152 Å². The minimum Gasteiger partial charge on any atom is -0.473 e. The number of benzene rings is 1. The Morgan fingerprint density at radius 1 is 1.15 bits per heavy atom. The molecule has 0 spiro atoms. The summed E-state index contributed by atoms with van der Waals surface area (Å²) in [7, 11) is 0. The zero-order valence-electron chi connectivity index (χ0n) is 14.3. The molecule has 1 fully saturated rings. The highest BCUT2D eigenvalue weighted by atomic mass is 16.5. The lowest BCUT2D eigenvalue weighted by molar-refractivity contribution is -0.122. The number of carbonyl (C=O) groups excluding carboxylic acids is 1. The third-order valence-corrected chi connectivity index (χ3v) is 4.53. The lowest BCUT2D eigenvalue weighted by Crippen LogP contribution is -2.24. The zero-order valence-corrected chi connectivity index (χ0v) is 14.3. The van der Waals surface area contributed by atoms with Crippen LogP contribution < -0.4 is 10.1 Å². The summed E-state index contributed by atoms with van der Waals surface area (Å²) < 4.78 is 11.1. The maximum Gasteiger partial charge on any atom is 0.224 e. The molecule has 1 saturated carbocycles. The first-order chi connectivity index (χ1) is 12.8. The number of furan rings is 1. The van der Waals surface area contributed by atoms with Gasteiger partial charge in [-0.2, -0.15) is 0 Å². The SMILES string of the molecule is O=C(NCc1ccnc(OCc2ccccc2)c1)[C@@H]1C[C@H]1c1ccco1. The van der Waals surface area contributed by atoms with E-state index in [1.54, 1.807) is 12.5 Å². The summed E-state index contributed by atoms with van der Waals surface area (Å²) in [5.74, 6) is 1.74. The van der Waals surface area contributed by atoms with E-state index in [1.165, 1.54) is 0 Å². The van der Waals surface area contributed by atoms with E-state index in [0.29, 0.717) is 19.0 Å². The topological polar surface area (TPSA) is 64.4 Å². The van der Waals surface area contributed by atoms with E-state index in [2.05, 4.69) is 10.3 Å². The monoisotopic (exact) mass is 348 g/mol. The van der Waals surface area contributed by atoms with Crippen LogP contribution in [0.25, 0.3) is 0 Å². The maximum absolute atomic E-state index is 12.3. The van der Waals surface area contributed by atoms with Gasteiger partial charge in [-0.3, -0.25) is 4.79 Å². The average molecular weight is 348 g/mol. The fourth-order valence-electron chi connectivity index (χ4n) is 2.99. The highest BCUT2D eigenvalue weighted by Gasteiger charge is 2.45. The molecule has 2 atom stereocenters. The van der Waals surface area contributed by atoms with Crippen molar-refractivity contribution in [1.82, 2.24) is 10.3 Å². The number of hydrogen-bond donors (Lipinski definition) is 1. The van der Waals surface area contributed by atoms with Crippen molar-refractivity contribution in [2.75, 3.05) is 0 Å². The predicted molar refractivity (Wildman–Crippen MR) is 96.4 cm³/mol. The molecule has 4 rings (SSSR count). The van der Waals surface area contributed by atoms with Gasteiger partial charge in [-0.15, -0.1) is 0 Å². The van der Waals surface area contributed by atoms with E-state index in [1.807, 2.05) is 54.6 Å². The van der Waals surface area contributed by atoms with E-state index in [4.69, 9.17) is 9.15 Å². The summed E-state index contributed by atoms with van der Waals surface area (Å²) in [4.78, 5) is 16.5. The fourth-order valence-corrected chi connectivity index (χ4v) is 2.99. The van der Waals surface area contributed by atoms with Gasteiger partial charge in [0.2, 0.25) is 11.8 Å². The van der Waals surface area contributed by atoms with Crippen LogP contribution in [0.15, 0.2) is 71.5 Å². The second-order valence-electron chi connectivity index (χ2n) is 6.46. The number of amides is 1. The summed E-state index contributed by atoms with van der Waals surface area (Å²) in [6.07, 6.45) is 4.20. The molecule has 1 amide bonds. The molecule has 0 bridgehead atoms. The van der Waals surface area contributed by atoms with Crippen molar-refractivity contribution >= 4 is 5.91 Å². The average Bonchev–Trinajstić information content (AvgIpc) is 3.30. The minimum atomic E-state index is 0.0109. The highest BCUT2D eigenvalue weighted by molar-refractivity contribution is 5.82. The van der Waals surface area contributed by atoms with Gasteiger partial charge in [0, 0.05) is 30.6 Å². The van der Waals surface area contributed by atoms with Crippen LogP contribution in [0.4, 0.5) is 0 Å². The van der Waals surface area contributed by atoms with Gasteiger partial charge in [-0.1, -0.05) is 30.3 Å². The molecule has 2 heterocycles. The van der Waals surface area contributed by atoms with Crippen LogP contribution in [0.1, 0.15) is 29.2 Å². The quantitative estimate of drug-likeness (QED) is 0.707. The molecule has 0 saturated heterocycles. The van der Waals surface area contributed by atoms with E-state index < -0.39 is 0 Å². The molecule has 1 N–H and O–H groups in total. The Balaban J connectivity index is 1.28. The molecule has 132 valence electrons. The number of nitrogens with zero attached hydrogens (tertiary/aromatic N) is 1. The molecule has 1 aliphatic rings. The third-order valence-electron chi connectivity index (χ3n) is 4.53. The molecular weight excluding hydrogens is 328 g/mol. The highest BCUT2D eigenvalue weighted by Crippen LogP contribution is 2.47. The summed E-state index contributed by atoms with van der Waals surface area (Å²) in [6.45, 7) is 0.932. The Morgan fingerprint density at radius 3 is 2.85 bits per heavy atom. The molecule has 5 heteroatoms. The lowest BCUT2D eigenvalue weighted by Gasteiger charge is -2.08. The molecule has 5 nitrogen and oxygen atoms in total. The number of pyridine rings is 1. The maximum atomic E-state index is 12.3. The number of carbonyl (C=O) groups is 1. The summed E-state index contributed by atoms with van der Waals surface area (Å²) in [5.41, 5.74) is 2.05. The zero-order chi connectivity index (χ0) is 17.8. The van der Waals surface area contributed by atoms with Crippen LogP contribution in [-0.2, 0) is 17.9 Å². The van der Waals surface area contributed by atoms with Crippen molar-refractivity contribution in [3.63, 3.8) is 0 Å². The molecule has 0 radical (unpaired) electrons. The second-order valence-corrected chi connectivity index (χ2v) is 6.46. The van der Waals surface area contributed by atoms with E-state index >= 15 is 0 Å². The Bertz CT molecular complexity index is 862. The smallest absolute Gasteiger partial charge is 0.224 e. The second kappa shape index (κ2) is 7.44. The van der Waals surface area contributed by atoms with Crippen molar-refractivity contribution in [2.24, 2.45) is 5.92 Å². The summed E-state index contributed by atoms with van der Waals surface area (Å²) in [5, 5.41) is 2.99. The van der Waals surface area contributed by atoms with Crippen LogP contribution in [0, 0.1) is 5.92 Å². The lowest BCUT2D eigenvalue weighted by atomic mass is 10.2. The molecule has 3 aromatic rings. The predicted octanol–water partition coefficient (Wildman–Crippen LogP) is 3.67. The molecule has 2 aromatic heterocycles. The Kier molecular flexibility index (Phi) is 4.69. The Hall–Kier alpha value is -3.08. The molecule has 1 aliphatic carbocycles. The summed E-state index contributed by atoms with van der Waals surface area (Å²) in [6, 6.07) is 17.5. The van der Waals surface area contributed by atoms with Gasteiger partial charge in [0.05, 0.1) is 6.26 Å². The molecule has 0 aliphatic heterocycles. The van der Waals surface area contributed by atoms with E-state index in [-0.39, 0.29) is 17.7 Å². The van der Waals surface area contributed by atoms with Gasteiger partial charge in [0.25, 0.3) is 0 Å². The van der Waals surface area contributed by atoms with Crippen LogP contribution in [-0.4, -0.2) is 10.9 Å². The van der Waals surface area contributed by atoms with Gasteiger partial charge in [0.1, 0.15) is 12.4 Å². The van der Waals surface area contributed by atoms with Gasteiger partial charge >= 0.3 is 0 Å². The standard InChI is InChI=1S/C21H20N2O3/c24-21(18-12-17(18)19-7-4-10-25-19)23-13-16-8-9-22-20(11-16)26-14-15-5-2-1-3-6-15/h1-11,17-18H,12-14H2,(H,23,24)/t17-,18-/m1/s1. The van der Waals surface area contributed by atoms with E-state index in [0.717, 1.165) is 23.3 Å². The Morgan fingerprint density at radius 2 is 2.04 bits per heavy atom. The first-order valence-electron chi connectivity index (χ1n) is 8.72. The van der Waals surface area contributed by atoms with Gasteiger partial charge in [-0.05, 0) is 35.7 Å².